The molecule has 2 fully saturated rings. The molecule has 2 aliphatic rings. The van der Waals surface area contributed by atoms with Crippen molar-refractivity contribution < 1.29 is 17.9 Å². The molecular weight excluding hydrogens is 457 g/mol. The third-order valence-corrected chi connectivity index (χ3v) is 7.54. The van der Waals surface area contributed by atoms with Gasteiger partial charge in [-0.1, -0.05) is 19.3 Å². The van der Waals surface area contributed by atoms with Gasteiger partial charge in [-0.15, -0.1) is 10.2 Å². The van der Waals surface area contributed by atoms with Crippen molar-refractivity contribution in [3.05, 3.63) is 53.5 Å². The Morgan fingerprint density at radius 3 is 2.49 bits per heavy atom. The number of pyridine rings is 1. The molecule has 0 amide bonds. The Morgan fingerprint density at radius 2 is 1.74 bits per heavy atom. The highest BCUT2D eigenvalue weighted by molar-refractivity contribution is 5.23. The lowest BCUT2D eigenvalue weighted by molar-refractivity contribution is -0.137. The van der Waals surface area contributed by atoms with Gasteiger partial charge in [-0.05, 0) is 56.1 Å². The van der Waals surface area contributed by atoms with Crippen LogP contribution in [0.1, 0.15) is 98.4 Å². The first-order valence-electron chi connectivity index (χ1n) is 12.5. The molecule has 0 radical (unpaired) electrons. The first-order chi connectivity index (χ1) is 16.9. The van der Waals surface area contributed by atoms with Crippen LogP contribution in [-0.2, 0) is 19.8 Å². The summed E-state index contributed by atoms with van der Waals surface area (Å²) in [5.74, 6) is 2.20. The lowest BCUT2D eigenvalue weighted by atomic mass is 9.79. The van der Waals surface area contributed by atoms with E-state index in [1.165, 1.54) is 37.7 Å². The van der Waals surface area contributed by atoms with E-state index in [2.05, 4.69) is 37.4 Å². The molecule has 10 heteroatoms. The standard InChI is InChI=1S/C25H31F3N6O/c1-33-22(16-35-23-13-20(11-12-29-23)25(26,27)28)31-32-24(33)18-9-7-17(8-10-18)19-14-30-34(15-19)21-5-3-2-4-6-21/h11-15,17-18,21H,2-10,16H2,1H3. The maximum atomic E-state index is 12.9. The molecule has 3 heterocycles. The zero-order chi connectivity index (χ0) is 24.4. The van der Waals surface area contributed by atoms with Gasteiger partial charge in [0.1, 0.15) is 12.4 Å². The number of aromatic nitrogens is 6. The molecule has 0 saturated heterocycles. The van der Waals surface area contributed by atoms with Gasteiger partial charge in [0, 0.05) is 31.4 Å². The van der Waals surface area contributed by atoms with Crippen molar-refractivity contribution in [2.45, 2.75) is 88.4 Å². The molecule has 0 N–H and O–H groups in total. The summed E-state index contributed by atoms with van der Waals surface area (Å²) in [6.45, 7) is 0.00745. The molecule has 3 aromatic rings. The summed E-state index contributed by atoms with van der Waals surface area (Å²) in [5, 5.41) is 13.3. The Morgan fingerprint density at radius 1 is 1.00 bits per heavy atom. The van der Waals surface area contributed by atoms with Gasteiger partial charge in [0.05, 0.1) is 17.8 Å². The van der Waals surface area contributed by atoms with E-state index in [9.17, 15) is 13.2 Å². The fraction of sp³-hybridized carbons (Fsp3) is 0.600. The summed E-state index contributed by atoms with van der Waals surface area (Å²) in [4.78, 5) is 3.88. The van der Waals surface area contributed by atoms with Crippen molar-refractivity contribution >= 4 is 0 Å². The molecule has 0 bridgehead atoms. The van der Waals surface area contributed by atoms with Gasteiger partial charge in [-0.2, -0.15) is 18.3 Å². The van der Waals surface area contributed by atoms with Crippen LogP contribution in [0.5, 0.6) is 5.88 Å². The van der Waals surface area contributed by atoms with Gasteiger partial charge in [-0.3, -0.25) is 4.68 Å². The maximum Gasteiger partial charge on any atom is 0.416 e. The van der Waals surface area contributed by atoms with E-state index in [1.54, 1.807) is 0 Å². The molecule has 3 aromatic heterocycles. The lowest BCUT2D eigenvalue weighted by Crippen LogP contribution is -2.16. The normalized spacial score (nSPS) is 21.8. The second-order valence-corrected chi connectivity index (χ2v) is 9.80. The van der Waals surface area contributed by atoms with E-state index in [-0.39, 0.29) is 12.5 Å². The van der Waals surface area contributed by atoms with Crippen LogP contribution in [-0.4, -0.2) is 29.5 Å². The molecule has 2 saturated carbocycles. The molecule has 35 heavy (non-hydrogen) atoms. The molecule has 0 atom stereocenters. The summed E-state index contributed by atoms with van der Waals surface area (Å²) in [5.41, 5.74) is 0.553. The summed E-state index contributed by atoms with van der Waals surface area (Å²) in [7, 11) is 1.88. The number of ether oxygens (including phenoxy) is 1. The number of nitrogens with zero attached hydrogens (tertiary/aromatic N) is 6. The molecule has 7 nitrogen and oxygen atoms in total. The molecule has 188 valence electrons. The average molecular weight is 489 g/mol. The topological polar surface area (TPSA) is 70.7 Å². The van der Waals surface area contributed by atoms with E-state index in [0.717, 1.165) is 49.8 Å². The van der Waals surface area contributed by atoms with Crippen LogP contribution < -0.4 is 4.74 Å². The maximum absolute atomic E-state index is 12.9. The summed E-state index contributed by atoms with van der Waals surface area (Å²) in [6, 6.07) is 2.37. The highest BCUT2D eigenvalue weighted by Crippen LogP contribution is 2.40. The minimum absolute atomic E-state index is 0.00745. The van der Waals surface area contributed by atoms with Gasteiger partial charge in [0.25, 0.3) is 0 Å². The summed E-state index contributed by atoms with van der Waals surface area (Å²) in [6.07, 6.45) is 11.6. The third kappa shape index (κ3) is 5.36. The molecule has 0 aliphatic heterocycles. The van der Waals surface area contributed by atoms with Crippen LogP contribution in [0.15, 0.2) is 30.7 Å². The van der Waals surface area contributed by atoms with Crippen molar-refractivity contribution in [1.82, 2.24) is 29.5 Å². The third-order valence-electron chi connectivity index (χ3n) is 7.54. The number of hydrogen-bond acceptors (Lipinski definition) is 5. The van der Waals surface area contributed by atoms with Gasteiger partial charge in [-0.25, -0.2) is 4.98 Å². The zero-order valence-corrected chi connectivity index (χ0v) is 19.9. The summed E-state index contributed by atoms with van der Waals surface area (Å²) >= 11 is 0. The smallest absolute Gasteiger partial charge is 0.416 e. The van der Waals surface area contributed by atoms with Crippen LogP contribution in [0.25, 0.3) is 0 Å². The van der Waals surface area contributed by atoms with Gasteiger partial charge in [0.2, 0.25) is 5.88 Å². The number of hydrogen-bond donors (Lipinski definition) is 0. The van der Waals surface area contributed by atoms with Crippen molar-refractivity contribution in [2.75, 3.05) is 0 Å². The van der Waals surface area contributed by atoms with Crippen LogP contribution in [0.4, 0.5) is 13.2 Å². The Labute approximate surface area is 202 Å². The molecule has 2 aliphatic carbocycles. The van der Waals surface area contributed by atoms with Gasteiger partial charge < -0.3 is 9.30 Å². The van der Waals surface area contributed by atoms with Crippen LogP contribution in [0, 0.1) is 0 Å². The van der Waals surface area contributed by atoms with E-state index in [4.69, 9.17) is 4.74 Å². The number of halogens is 3. The predicted octanol–water partition coefficient (Wildman–Crippen LogP) is 5.95. The Hall–Kier alpha value is -2.91. The second-order valence-electron chi connectivity index (χ2n) is 9.80. The fourth-order valence-corrected chi connectivity index (χ4v) is 5.45. The second kappa shape index (κ2) is 9.99. The first kappa shape index (κ1) is 23.8. The van der Waals surface area contributed by atoms with Crippen molar-refractivity contribution in [3.63, 3.8) is 0 Å². The van der Waals surface area contributed by atoms with Crippen molar-refractivity contribution in [1.29, 1.82) is 0 Å². The highest BCUT2D eigenvalue weighted by Gasteiger charge is 2.31. The van der Waals surface area contributed by atoms with E-state index >= 15 is 0 Å². The number of rotatable bonds is 6. The Bertz CT molecular complexity index is 1130. The molecular formula is C25H31F3N6O. The molecule has 0 unspecified atom stereocenters. The minimum atomic E-state index is -4.44. The molecule has 0 aromatic carbocycles. The van der Waals surface area contributed by atoms with E-state index in [1.807, 2.05) is 11.6 Å². The van der Waals surface area contributed by atoms with Crippen molar-refractivity contribution in [3.8, 4) is 5.88 Å². The lowest BCUT2D eigenvalue weighted by Gasteiger charge is -2.27. The summed E-state index contributed by atoms with van der Waals surface area (Å²) < 4.78 is 48.3. The Balaban J connectivity index is 1.17. The first-order valence-corrected chi connectivity index (χ1v) is 12.5. The Kier molecular flexibility index (Phi) is 6.80. The number of alkyl halides is 3. The zero-order valence-electron chi connectivity index (χ0n) is 19.9. The SMILES string of the molecule is Cn1c(COc2cc(C(F)(F)F)ccn2)nnc1C1CCC(c2cnn(C3CCCCC3)c2)CC1. The van der Waals surface area contributed by atoms with E-state index in [0.29, 0.717) is 23.7 Å². The molecule has 5 rings (SSSR count). The monoisotopic (exact) mass is 488 g/mol. The minimum Gasteiger partial charge on any atom is -0.469 e. The highest BCUT2D eigenvalue weighted by atomic mass is 19.4. The van der Waals surface area contributed by atoms with E-state index < -0.39 is 11.7 Å². The molecule has 0 spiro atoms. The predicted molar refractivity (Wildman–Crippen MR) is 123 cm³/mol. The van der Waals surface area contributed by atoms with Crippen LogP contribution in [0.3, 0.4) is 0 Å². The largest absolute Gasteiger partial charge is 0.469 e. The van der Waals surface area contributed by atoms with Gasteiger partial charge >= 0.3 is 6.18 Å². The van der Waals surface area contributed by atoms with Crippen molar-refractivity contribution in [2.24, 2.45) is 7.05 Å². The average Bonchev–Trinajstić information content (AvgIpc) is 3.50. The quantitative estimate of drug-likeness (QED) is 0.429. The fourth-order valence-electron chi connectivity index (χ4n) is 5.45. The van der Waals surface area contributed by atoms with Gasteiger partial charge in [0.15, 0.2) is 5.82 Å². The van der Waals surface area contributed by atoms with Crippen LogP contribution >= 0.6 is 0 Å². The van der Waals surface area contributed by atoms with Crippen LogP contribution in [0.2, 0.25) is 0 Å².